The van der Waals surface area contributed by atoms with E-state index in [4.69, 9.17) is 9.47 Å². The van der Waals surface area contributed by atoms with Crippen LogP contribution in [0.4, 0.5) is 0 Å². The van der Waals surface area contributed by atoms with E-state index in [1.165, 1.54) is 82.1 Å². The van der Waals surface area contributed by atoms with Crippen molar-refractivity contribution >= 4 is 5.57 Å². The van der Waals surface area contributed by atoms with Crippen LogP contribution in [0.3, 0.4) is 0 Å². The maximum atomic E-state index is 5.74. The highest BCUT2D eigenvalue weighted by molar-refractivity contribution is 5.85. The molecule has 3 aromatic rings. The molecular formula is C34H44N2O2. The molecule has 0 radical (unpaired) electrons. The van der Waals surface area contributed by atoms with Crippen molar-refractivity contribution in [2.75, 3.05) is 33.9 Å². The molecule has 1 fully saturated rings. The fraction of sp³-hybridized carbons (Fsp3) is 0.441. The van der Waals surface area contributed by atoms with Crippen LogP contribution in [-0.2, 0) is 6.42 Å². The Hall–Kier alpha value is -3.11. The lowest BCUT2D eigenvalue weighted by molar-refractivity contribution is 0.199. The number of aryl methyl sites for hydroxylation is 1. The number of piperidine rings is 1. The molecule has 4 nitrogen and oxygen atoms in total. The summed E-state index contributed by atoms with van der Waals surface area (Å²) in [5, 5.41) is 0. The topological polar surface area (TPSA) is 34.6 Å². The summed E-state index contributed by atoms with van der Waals surface area (Å²) in [5.74, 6) is 2.36. The van der Waals surface area contributed by atoms with Gasteiger partial charge in [-0.05, 0) is 87.0 Å². The predicted molar refractivity (Wildman–Crippen MR) is 158 cm³/mol. The molecule has 0 saturated carbocycles. The van der Waals surface area contributed by atoms with Gasteiger partial charge >= 0.3 is 0 Å². The minimum atomic E-state index is 0.552. The van der Waals surface area contributed by atoms with Gasteiger partial charge in [0.2, 0.25) is 0 Å². The molecule has 202 valence electrons. The highest BCUT2D eigenvalue weighted by Gasteiger charge is 2.21. The van der Waals surface area contributed by atoms with E-state index in [2.05, 4.69) is 46.3 Å². The first-order valence-corrected chi connectivity index (χ1v) is 14.4. The number of pyridine rings is 1. The number of methoxy groups -OCH3 is 2. The second kappa shape index (κ2) is 15.3. The largest absolute Gasteiger partial charge is 0.496 e. The van der Waals surface area contributed by atoms with Crippen molar-refractivity contribution in [1.29, 1.82) is 0 Å². The van der Waals surface area contributed by atoms with Gasteiger partial charge in [-0.25, -0.2) is 0 Å². The van der Waals surface area contributed by atoms with E-state index in [1.807, 2.05) is 42.7 Å². The third-order valence-electron chi connectivity index (χ3n) is 7.74. The van der Waals surface area contributed by atoms with E-state index in [1.54, 1.807) is 14.2 Å². The third-order valence-corrected chi connectivity index (χ3v) is 7.74. The highest BCUT2D eigenvalue weighted by Crippen LogP contribution is 2.37. The van der Waals surface area contributed by atoms with Crippen LogP contribution in [0.5, 0.6) is 11.5 Å². The number of aromatic nitrogens is 1. The zero-order chi connectivity index (χ0) is 26.4. The highest BCUT2D eigenvalue weighted by atomic mass is 16.5. The second-order valence-corrected chi connectivity index (χ2v) is 10.4. The molecule has 4 rings (SSSR count). The second-order valence-electron chi connectivity index (χ2n) is 10.4. The van der Waals surface area contributed by atoms with Crippen LogP contribution in [-0.4, -0.2) is 43.7 Å². The predicted octanol–water partition coefficient (Wildman–Crippen LogP) is 7.83. The summed E-state index contributed by atoms with van der Waals surface area (Å²) in [6.45, 7) is 3.59. The molecule has 0 bridgehead atoms. The first-order valence-electron chi connectivity index (χ1n) is 14.4. The van der Waals surface area contributed by atoms with Crippen molar-refractivity contribution in [1.82, 2.24) is 9.88 Å². The Morgan fingerprint density at radius 1 is 0.789 bits per heavy atom. The molecule has 1 aliphatic rings. The molecule has 1 aliphatic heterocycles. The van der Waals surface area contributed by atoms with Gasteiger partial charge in [-0.1, -0.05) is 74.2 Å². The number of likely N-dealkylation sites (tertiary alicyclic amines) is 1. The Morgan fingerprint density at radius 2 is 1.39 bits per heavy atom. The number of unbranched alkanes of at least 4 members (excludes halogenated alkanes) is 5. The van der Waals surface area contributed by atoms with Crippen LogP contribution in [0, 0.1) is 5.92 Å². The lowest BCUT2D eigenvalue weighted by Gasteiger charge is -2.31. The lowest BCUT2D eigenvalue weighted by Crippen LogP contribution is -2.34. The first kappa shape index (κ1) is 27.9. The van der Waals surface area contributed by atoms with Gasteiger partial charge in [0.25, 0.3) is 0 Å². The average Bonchev–Trinajstić information content (AvgIpc) is 2.98. The van der Waals surface area contributed by atoms with Gasteiger partial charge in [-0.2, -0.15) is 0 Å². The van der Waals surface area contributed by atoms with E-state index in [0.29, 0.717) is 5.92 Å². The summed E-state index contributed by atoms with van der Waals surface area (Å²) in [7, 11) is 3.50. The van der Waals surface area contributed by atoms with Crippen LogP contribution in [0.15, 0.2) is 79.1 Å². The SMILES string of the molecule is COc1ccccc1C(=CC1CCN(CCCCCCCCc2cccnc2)CC1)c1ccccc1OC. The van der Waals surface area contributed by atoms with Crippen LogP contribution >= 0.6 is 0 Å². The molecule has 2 aromatic carbocycles. The number of rotatable bonds is 14. The maximum absolute atomic E-state index is 5.74. The number of hydrogen-bond donors (Lipinski definition) is 0. The van der Waals surface area contributed by atoms with Crippen molar-refractivity contribution in [2.24, 2.45) is 5.92 Å². The van der Waals surface area contributed by atoms with Gasteiger partial charge in [0.15, 0.2) is 0 Å². The Balaban J connectivity index is 1.24. The molecule has 0 atom stereocenters. The molecule has 1 saturated heterocycles. The number of para-hydroxylation sites is 2. The van der Waals surface area contributed by atoms with Gasteiger partial charge in [-0.15, -0.1) is 0 Å². The summed E-state index contributed by atoms with van der Waals surface area (Å²) in [6, 6.07) is 20.9. The molecule has 0 aliphatic carbocycles. The first-order chi connectivity index (χ1) is 18.8. The van der Waals surface area contributed by atoms with Gasteiger partial charge < -0.3 is 14.4 Å². The summed E-state index contributed by atoms with van der Waals surface area (Å²) >= 11 is 0. The molecular weight excluding hydrogens is 468 g/mol. The number of nitrogens with zero attached hydrogens (tertiary/aromatic N) is 2. The number of benzene rings is 2. The number of allylic oxidation sites excluding steroid dienone is 1. The molecule has 0 N–H and O–H groups in total. The van der Waals surface area contributed by atoms with Crippen molar-refractivity contribution in [3.8, 4) is 11.5 Å². The third kappa shape index (κ3) is 8.19. The van der Waals surface area contributed by atoms with Gasteiger partial charge in [0.1, 0.15) is 11.5 Å². The van der Waals surface area contributed by atoms with Gasteiger partial charge in [0.05, 0.1) is 14.2 Å². The van der Waals surface area contributed by atoms with Crippen LogP contribution < -0.4 is 9.47 Å². The van der Waals surface area contributed by atoms with Crippen molar-refractivity contribution in [3.63, 3.8) is 0 Å². The monoisotopic (exact) mass is 512 g/mol. The minimum absolute atomic E-state index is 0.552. The minimum Gasteiger partial charge on any atom is -0.496 e. The summed E-state index contributed by atoms with van der Waals surface area (Å²) < 4.78 is 11.5. The standard InChI is InChI=1S/C34H44N2O2/c1-37-33-18-10-8-16-30(33)32(31-17-9-11-19-34(31)38-2)26-28-20-24-36(25-21-28)23-12-6-4-3-5-7-14-29-15-13-22-35-27-29/h8-11,13,15-19,22,26-28H,3-7,12,14,20-21,23-25H2,1-2H3. The van der Waals surface area contributed by atoms with Gasteiger partial charge in [-0.3, -0.25) is 4.98 Å². The quantitative estimate of drug-likeness (QED) is 0.206. The summed E-state index contributed by atoms with van der Waals surface area (Å²) in [5.41, 5.74) is 4.83. The van der Waals surface area contributed by atoms with E-state index in [-0.39, 0.29) is 0 Å². The number of hydrogen-bond acceptors (Lipinski definition) is 4. The number of ether oxygens (including phenoxy) is 2. The zero-order valence-electron chi connectivity index (χ0n) is 23.3. The van der Waals surface area contributed by atoms with Crippen LogP contribution in [0.25, 0.3) is 5.57 Å². The Labute approximate surface area is 229 Å². The Bertz CT molecular complexity index is 1070. The Kier molecular flexibility index (Phi) is 11.3. The van der Waals surface area contributed by atoms with E-state index >= 15 is 0 Å². The van der Waals surface area contributed by atoms with Crippen LogP contribution in [0.2, 0.25) is 0 Å². The van der Waals surface area contributed by atoms with Crippen molar-refractivity contribution in [2.45, 2.75) is 57.8 Å². The lowest BCUT2D eigenvalue weighted by atomic mass is 9.88. The molecule has 0 spiro atoms. The van der Waals surface area contributed by atoms with E-state index in [0.717, 1.165) is 29.0 Å². The normalized spacial score (nSPS) is 14.3. The average molecular weight is 513 g/mol. The van der Waals surface area contributed by atoms with E-state index in [9.17, 15) is 0 Å². The Morgan fingerprint density at radius 3 is 2.00 bits per heavy atom. The zero-order valence-corrected chi connectivity index (χ0v) is 23.3. The maximum Gasteiger partial charge on any atom is 0.126 e. The molecule has 4 heteroatoms. The van der Waals surface area contributed by atoms with Crippen molar-refractivity contribution < 1.29 is 9.47 Å². The fourth-order valence-corrected chi connectivity index (χ4v) is 5.56. The molecule has 38 heavy (non-hydrogen) atoms. The molecule has 0 unspecified atom stereocenters. The van der Waals surface area contributed by atoms with Gasteiger partial charge in [0, 0.05) is 23.5 Å². The smallest absolute Gasteiger partial charge is 0.126 e. The summed E-state index contributed by atoms with van der Waals surface area (Å²) in [4.78, 5) is 6.88. The van der Waals surface area contributed by atoms with Crippen LogP contribution in [0.1, 0.15) is 68.1 Å². The summed E-state index contributed by atoms with van der Waals surface area (Å²) in [6.07, 6.45) is 17.8. The van der Waals surface area contributed by atoms with Crippen molar-refractivity contribution in [3.05, 3.63) is 95.8 Å². The molecule has 1 aromatic heterocycles. The fourth-order valence-electron chi connectivity index (χ4n) is 5.56. The molecule has 2 heterocycles. The molecule has 0 amide bonds. The van der Waals surface area contributed by atoms with E-state index < -0.39 is 0 Å².